The predicted octanol–water partition coefficient (Wildman–Crippen LogP) is 3.72. The summed E-state index contributed by atoms with van der Waals surface area (Å²) in [6.07, 6.45) is 2.71. The van der Waals surface area contributed by atoms with Crippen LogP contribution in [-0.4, -0.2) is 35.9 Å². The summed E-state index contributed by atoms with van der Waals surface area (Å²) in [7, 11) is 0. The third kappa shape index (κ3) is 4.87. The van der Waals surface area contributed by atoms with Crippen molar-refractivity contribution >= 4 is 23.4 Å². The first-order chi connectivity index (χ1) is 10.8. The van der Waals surface area contributed by atoms with Crippen LogP contribution in [0.2, 0.25) is 0 Å². The Hall–Kier alpha value is -2.24. The number of anilines is 2. The zero-order valence-electron chi connectivity index (χ0n) is 13.9. The normalized spacial score (nSPS) is 15.2. The van der Waals surface area contributed by atoms with Crippen LogP contribution in [0.4, 0.5) is 16.2 Å². The number of nitrogens with zero attached hydrogens (tertiary/aromatic N) is 1. The first-order valence-electron chi connectivity index (χ1n) is 7.88. The topological polar surface area (TPSA) is 78.9 Å². The molecule has 1 amide bonds. The van der Waals surface area contributed by atoms with E-state index in [0.717, 1.165) is 25.9 Å². The van der Waals surface area contributed by atoms with E-state index >= 15 is 0 Å². The van der Waals surface area contributed by atoms with Gasteiger partial charge in [-0.1, -0.05) is 0 Å². The van der Waals surface area contributed by atoms with Gasteiger partial charge in [0.1, 0.15) is 5.60 Å². The van der Waals surface area contributed by atoms with Gasteiger partial charge in [0.2, 0.25) is 0 Å². The minimum Gasteiger partial charge on any atom is -0.478 e. The minimum atomic E-state index is -1.00. The first kappa shape index (κ1) is 17.1. The van der Waals surface area contributed by atoms with Gasteiger partial charge in [0, 0.05) is 18.8 Å². The van der Waals surface area contributed by atoms with Gasteiger partial charge >= 0.3 is 12.1 Å². The average molecular weight is 320 g/mol. The Morgan fingerprint density at radius 2 is 1.83 bits per heavy atom. The fourth-order valence-electron chi connectivity index (χ4n) is 2.62. The van der Waals surface area contributed by atoms with Gasteiger partial charge in [-0.15, -0.1) is 0 Å². The van der Waals surface area contributed by atoms with E-state index in [1.54, 1.807) is 32.9 Å². The third-order valence-corrected chi connectivity index (χ3v) is 3.57. The number of piperidine rings is 1. The molecule has 1 saturated heterocycles. The maximum Gasteiger partial charge on any atom is 0.412 e. The molecule has 0 saturated carbocycles. The summed E-state index contributed by atoms with van der Waals surface area (Å²) in [6, 6.07) is 4.94. The van der Waals surface area contributed by atoms with Gasteiger partial charge in [-0.05, 0) is 58.2 Å². The molecule has 2 N–H and O–H groups in total. The number of carboxylic acids is 1. The number of carbonyl (C=O) groups excluding carboxylic acids is 1. The second-order valence-electron chi connectivity index (χ2n) is 6.71. The molecule has 6 heteroatoms. The summed E-state index contributed by atoms with van der Waals surface area (Å²) in [5, 5.41) is 12.1. The molecule has 1 fully saturated rings. The third-order valence-electron chi connectivity index (χ3n) is 3.57. The van der Waals surface area contributed by atoms with Crippen molar-refractivity contribution in [2.24, 2.45) is 0 Å². The Balaban J connectivity index is 2.18. The van der Waals surface area contributed by atoms with Crippen LogP contribution in [0.15, 0.2) is 18.2 Å². The lowest BCUT2D eigenvalue weighted by Gasteiger charge is -2.30. The van der Waals surface area contributed by atoms with Crippen LogP contribution in [0.5, 0.6) is 0 Å². The molecule has 1 heterocycles. The molecule has 0 unspecified atom stereocenters. The molecule has 0 spiro atoms. The lowest BCUT2D eigenvalue weighted by Crippen LogP contribution is -2.31. The smallest absolute Gasteiger partial charge is 0.412 e. The van der Waals surface area contributed by atoms with Crippen LogP contribution >= 0.6 is 0 Å². The molecule has 6 nitrogen and oxygen atoms in total. The highest BCUT2D eigenvalue weighted by Crippen LogP contribution is 2.27. The van der Waals surface area contributed by atoms with Gasteiger partial charge in [-0.25, -0.2) is 9.59 Å². The number of aromatic carboxylic acids is 1. The van der Waals surface area contributed by atoms with Crippen LogP contribution < -0.4 is 10.2 Å². The summed E-state index contributed by atoms with van der Waals surface area (Å²) < 4.78 is 5.18. The van der Waals surface area contributed by atoms with Crippen molar-refractivity contribution in [2.75, 3.05) is 23.3 Å². The highest BCUT2D eigenvalue weighted by molar-refractivity contribution is 5.97. The van der Waals surface area contributed by atoms with Gasteiger partial charge in [-0.3, -0.25) is 5.32 Å². The van der Waals surface area contributed by atoms with Gasteiger partial charge in [0.25, 0.3) is 0 Å². The second-order valence-corrected chi connectivity index (χ2v) is 6.71. The van der Waals surface area contributed by atoms with Crippen molar-refractivity contribution in [3.05, 3.63) is 23.8 Å². The lowest BCUT2D eigenvalue weighted by molar-refractivity contribution is 0.0633. The molecule has 1 aliphatic rings. The number of nitrogens with one attached hydrogen (secondary N) is 1. The Morgan fingerprint density at radius 1 is 1.17 bits per heavy atom. The van der Waals surface area contributed by atoms with E-state index in [1.165, 1.54) is 12.5 Å². The number of amides is 1. The molecule has 0 bridgehead atoms. The van der Waals surface area contributed by atoms with Crippen molar-refractivity contribution in [1.82, 2.24) is 0 Å². The van der Waals surface area contributed by atoms with Crippen LogP contribution in [0.3, 0.4) is 0 Å². The molecule has 0 radical (unpaired) electrons. The van der Waals surface area contributed by atoms with Crippen LogP contribution in [0.25, 0.3) is 0 Å². The Bertz CT molecular complexity index is 587. The van der Waals surface area contributed by atoms with Crippen molar-refractivity contribution in [3.63, 3.8) is 0 Å². The average Bonchev–Trinajstić information content (AvgIpc) is 2.46. The molecule has 1 aromatic rings. The number of carbonyl (C=O) groups is 2. The quantitative estimate of drug-likeness (QED) is 0.887. The Kier molecular flexibility index (Phi) is 5.13. The zero-order valence-corrected chi connectivity index (χ0v) is 13.9. The molecule has 1 aromatic carbocycles. The van der Waals surface area contributed by atoms with Crippen molar-refractivity contribution in [3.8, 4) is 0 Å². The molecule has 2 rings (SSSR count). The van der Waals surface area contributed by atoms with Gasteiger partial charge in [0.05, 0.1) is 11.3 Å². The van der Waals surface area contributed by atoms with Gasteiger partial charge in [0.15, 0.2) is 0 Å². The number of benzene rings is 1. The molecule has 0 aliphatic carbocycles. The van der Waals surface area contributed by atoms with Crippen molar-refractivity contribution in [2.45, 2.75) is 45.6 Å². The lowest BCUT2D eigenvalue weighted by atomic mass is 10.1. The van der Waals surface area contributed by atoms with E-state index in [-0.39, 0.29) is 5.56 Å². The summed E-state index contributed by atoms with van der Waals surface area (Å²) >= 11 is 0. The van der Waals surface area contributed by atoms with Gasteiger partial charge in [-0.2, -0.15) is 0 Å². The van der Waals surface area contributed by atoms with E-state index in [2.05, 4.69) is 10.2 Å². The monoisotopic (exact) mass is 320 g/mol. The molecule has 1 aliphatic heterocycles. The Labute approximate surface area is 136 Å². The van der Waals surface area contributed by atoms with E-state index in [0.29, 0.717) is 11.4 Å². The summed E-state index contributed by atoms with van der Waals surface area (Å²) in [5.41, 5.74) is 0.706. The standard InChI is InChI=1S/C17H24N2O4/c1-17(2,3)23-16(22)18-12-7-8-14(13(11-12)15(20)21)19-9-5-4-6-10-19/h7-8,11H,4-6,9-10H2,1-3H3,(H,18,22)(H,20,21). The molecule has 0 atom stereocenters. The fraction of sp³-hybridized carbons (Fsp3) is 0.529. The fourth-order valence-corrected chi connectivity index (χ4v) is 2.62. The maximum atomic E-state index is 11.8. The molecule has 23 heavy (non-hydrogen) atoms. The van der Waals surface area contributed by atoms with E-state index in [4.69, 9.17) is 4.74 Å². The largest absolute Gasteiger partial charge is 0.478 e. The van der Waals surface area contributed by atoms with E-state index < -0.39 is 17.7 Å². The summed E-state index contributed by atoms with van der Waals surface area (Å²) in [6.45, 7) is 7.04. The minimum absolute atomic E-state index is 0.195. The van der Waals surface area contributed by atoms with Crippen molar-refractivity contribution < 1.29 is 19.4 Å². The second kappa shape index (κ2) is 6.89. The predicted molar refractivity (Wildman–Crippen MR) is 89.3 cm³/mol. The maximum absolute atomic E-state index is 11.8. The van der Waals surface area contributed by atoms with Crippen LogP contribution in [0.1, 0.15) is 50.4 Å². The summed E-state index contributed by atoms with van der Waals surface area (Å²) in [4.78, 5) is 25.5. The van der Waals surface area contributed by atoms with E-state index in [1.807, 2.05) is 0 Å². The highest BCUT2D eigenvalue weighted by Gasteiger charge is 2.20. The van der Waals surface area contributed by atoms with Gasteiger partial charge < -0.3 is 14.7 Å². The molecular formula is C17H24N2O4. The van der Waals surface area contributed by atoms with E-state index in [9.17, 15) is 14.7 Å². The SMILES string of the molecule is CC(C)(C)OC(=O)Nc1ccc(N2CCCCC2)c(C(=O)O)c1. The number of hydrogen-bond acceptors (Lipinski definition) is 4. The number of carboxylic acid groups (broad SMARTS) is 1. The van der Waals surface area contributed by atoms with Crippen LogP contribution in [0, 0.1) is 0 Å². The molecule has 126 valence electrons. The zero-order chi connectivity index (χ0) is 17.0. The summed E-state index contributed by atoms with van der Waals surface area (Å²) in [5.74, 6) is -1.00. The molecule has 0 aromatic heterocycles. The Morgan fingerprint density at radius 3 is 2.39 bits per heavy atom. The first-order valence-corrected chi connectivity index (χ1v) is 7.88. The highest BCUT2D eigenvalue weighted by atomic mass is 16.6. The van der Waals surface area contributed by atoms with Crippen molar-refractivity contribution in [1.29, 1.82) is 0 Å². The number of rotatable bonds is 3. The molecular weight excluding hydrogens is 296 g/mol. The number of hydrogen-bond donors (Lipinski definition) is 2. The number of ether oxygens (including phenoxy) is 1. The van der Waals surface area contributed by atoms with Crippen LogP contribution in [-0.2, 0) is 4.74 Å².